The zero-order chi connectivity index (χ0) is 45.0. The molecule has 16 nitrogen and oxygen atoms in total. The van der Waals surface area contributed by atoms with Crippen LogP contribution in [-0.2, 0) is 26.8 Å². The van der Waals surface area contributed by atoms with E-state index in [-0.39, 0.29) is 23.6 Å². The van der Waals surface area contributed by atoms with E-state index in [1.54, 1.807) is 29.1 Å². The standard InChI is InChI=1S/C44H65F2N11O5/c1-43(2,3)38(53-39(58)32(47)11-8-21-56-22-19-50-42(56)48)41(60)49-18-9-23-62-24-10-20-55(5)27-29-14-16-31(17-15-29)57-28-30-25-35(36(61-6)26-34(30)54-57)52-40(59)33-12-7-13-37(51-33)44(4,45)46/h7,12-13,19,22,25-26,28-29,31-32,38H,8-11,14-18,20-21,23-24,27,47H2,1-6H3,(H2,48,50)(H,49,60)(H,52,59)(H,53,58)/t29?,31?,32-,38+/m0/s1. The second kappa shape index (κ2) is 21.7. The number of imidazole rings is 1. The summed E-state index contributed by atoms with van der Waals surface area (Å²) in [5.41, 5.74) is 12.0. The molecule has 1 aromatic carbocycles. The third-order valence-electron chi connectivity index (χ3n) is 11.3. The van der Waals surface area contributed by atoms with E-state index in [9.17, 15) is 23.2 Å². The van der Waals surface area contributed by atoms with Gasteiger partial charge < -0.3 is 46.4 Å². The average Bonchev–Trinajstić information content (AvgIpc) is 3.84. The molecule has 0 saturated heterocycles. The Kier molecular flexibility index (Phi) is 16.8. The lowest BCUT2D eigenvalue weighted by atomic mass is 9.85. The molecule has 1 aliphatic rings. The lowest BCUT2D eigenvalue weighted by molar-refractivity contribution is -0.132. The van der Waals surface area contributed by atoms with Gasteiger partial charge in [-0.15, -0.1) is 0 Å². The van der Waals surface area contributed by atoms with Crippen molar-refractivity contribution in [2.75, 3.05) is 58.1 Å². The van der Waals surface area contributed by atoms with E-state index in [4.69, 9.17) is 26.0 Å². The molecule has 3 amide bonds. The van der Waals surface area contributed by atoms with Crippen molar-refractivity contribution < 1.29 is 32.6 Å². The van der Waals surface area contributed by atoms with Gasteiger partial charge in [-0.3, -0.25) is 19.1 Å². The molecule has 0 unspecified atom stereocenters. The highest BCUT2D eigenvalue weighted by atomic mass is 19.3. The highest BCUT2D eigenvalue weighted by Gasteiger charge is 2.34. The maximum absolute atomic E-state index is 13.8. The number of carbonyl (C=O) groups is 3. The number of aryl methyl sites for hydroxylation is 1. The third-order valence-corrected chi connectivity index (χ3v) is 11.3. The fourth-order valence-corrected chi connectivity index (χ4v) is 7.73. The monoisotopic (exact) mass is 866 g/mol. The first-order valence-electron chi connectivity index (χ1n) is 21.5. The molecule has 0 radical (unpaired) electrons. The Hall–Kier alpha value is -5.20. The molecule has 0 spiro atoms. The Bertz CT molecular complexity index is 2090. The molecule has 1 saturated carbocycles. The molecule has 1 aliphatic carbocycles. The van der Waals surface area contributed by atoms with E-state index in [0.29, 0.717) is 68.9 Å². The number of methoxy groups -OCH3 is 1. The molecule has 340 valence electrons. The number of halogens is 2. The molecule has 0 bridgehead atoms. The molecule has 2 atom stereocenters. The number of alkyl halides is 2. The van der Waals surface area contributed by atoms with Crippen LogP contribution in [-0.4, -0.2) is 106 Å². The minimum Gasteiger partial charge on any atom is -0.494 e. The summed E-state index contributed by atoms with van der Waals surface area (Å²) in [5, 5.41) is 14.2. The number of rotatable bonds is 22. The van der Waals surface area contributed by atoms with Crippen molar-refractivity contribution >= 4 is 40.3 Å². The Balaban J connectivity index is 0.962. The molecule has 7 N–H and O–H groups in total. The van der Waals surface area contributed by atoms with Crippen molar-refractivity contribution in [1.82, 2.24) is 39.8 Å². The molecule has 3 heterocycles. The van der Waals surface area contributed by atoms with Crippen molar-refractivity contribution in [3.8, 4) is 5.75 Å². The number of aromatic nitrogens is 5. The van der Waals surface area contributed by atoms with Crippen molar-refractivity contribution in [2.45, 2.75) is 110 Å². The predicted octanol–water partition coefficient (Wildman–Crippen LogP) is 5.50. The van der Waals surface area contributed by atoms with Crippen LogP contribution in [0.4, 0.5) is 20.4 Å². The van der Waals surface area contributed by atoms with Crippen LogP contribution in [0, 0.1) is 11.3 Å². The van der Waals surface area contributed by atoms with E-state index < -0.39 is 35.0 Å². The number of amides is 3. The molecule has 18 heteroatoms. The highest BCUT2D eigenvalue weighted by molar-refractivity contribution is 6.05. The Morgan fingerprint density at radius 3 is 2.45 bits per heavy atom. The fourth-order valence-electron chi connectivity index (χ4n) is 7.73. The fraction of sp³-hybridized carbons (Fsp3) is 0.591. The quantitative estimate of drug-likeness (QED) is 0.0624. The van der Waals surface area contributed by atoms with Crippen molar-refractivity contribution in [2.24, 2.45) is 17.1 Å². The average molecular weight is 866 g/mol. The summed E-state index contributed by atoms with van der Waals surface area (Å²) in [7, 11) is 3.64. The molecular formula is C44H65F2N11O5. The van der Waals surface area contributed by atoms with Crippen LogP contribution in [0.25, 0.3) is 10.9 Å². The van der Waals surface area contributed by atoms with Gasteiger partial charge in [-0.1, -0.05) is 26.8 Å². The smallest absolute Gasteiger partial charge is 0.287 e. The Labute approximate surface area is 362 Å². The van der Waals surface area contributed by atoms with Crippen LogP contribution < -0.4 is 32.2 Å². The van der Waals surface area contributed by atoms with Gasteiger partial charge >= 0.3 is 0 Å². The molecular weight excluding hydrogens is 801 g/mol. The van der Waals surface area contributed by atoms with Gasteiger partial charge in [-0.25, -0.2) is 9.97 Å². The van der Waals surface area contributed by atoms with Crippen LogP contribution in [0.3, 0.4) is 0 Å². The van der Waals surface area contributed by atoms with E-state index in [1.165, 1.54) is 25.3 Å². The number of benzene rings is 1. The molecule has 4 aromatic rings. The summed E-state index contributed by atoms with van der Waals surface area (Å²) in [4.78, 5) is 49.2. The summed E-state index contributed by atoms with van der Waals surface area (Å²) in [6.45, 7) is 10.6. The summed E-state index contributed by atoms with van der Waals surface area (Å²) in [6, 6.07) is 6.29. The lowest BCUT2D eigenvalue weighted by Gasteiger charge is -2.31. The molecule has 62 heavy (non-hydrogen) atoms. The number of nitrogens with one attached hydrogen (secondary N) is 3. The molecule has 1 fully saturated rings. The van der Waals surface area contributed by atoms with Gasteiger partial charge in [0.05, 0.1) is 30.4 Å². The van der Waals surface area contributed by atoms with Crippen molar-refractivity contribution in [1.29, 1.82) is 0 Å². The Morgan fingerprint density at radius 1 is 1.03 bits per heavy atom. The molecule has 5 rings (SSSR count). The minimum absolute atomic E-state index is 0.118. The second-order valence-corrected chi connectivity index (χ2v) is 17.6. The van der Waals surface area contributed by atoms with Gasteiger partial charge in [0.15, 0.2) is 5.95 Å². The number of nitrogens with two attached hydrogens (primary N) is 2. The van der Waals surface area contributed by atoms with E-state index in [0.717, 1.165) is 63.0 Å². The third kappa shape index (κ3) is 13.6. The normalized spacial score (nSPS) is 16.9. The van der Waals surface area contributed by atoms with Crippen LogP contribution in [0.2, 0.25) is 0 Å². The van der Waals surface area contributed by atoms with Crippen LogP contribution >= 0.6 is 0 Å². The number of hydrogen-bond donors (Lipinski definition) is 5. The van der Waals surface area contributed by atoms with Gasteiger partial charge in [0.2, 0.25) is 11.8 Å². The first kappa shape index (κ1) is 47.8. The number of anilines is 2. The maximum atomic E-state index is 13.8. The lowest BCUT2D eigenvalue weighted by Crippen LogP contribution is -2.56. The number of hydrogen-bond acceptors (Lipinski definition) is 11. The van der Waals surface area contributed by atoms with E-state index >= 15 is 0 Å². The van der Waals surface area contributed by atoms with Gasteiger partial charge in [0.25, 0.3) is 11.8 Å². The summed E-state index contributed by atoms with van der Waals surface area (Å²) < 4.78 is 42.9. The Morgan fingerprint density at radius 2 is 1.77 bits per heavy atom. The minimum atomic E-state index is -3.17. The summed E-state index contributed by atoms with van der Waals surface area (Å²) >= 11 is 0. The zero-order valence-corrected chi connectivity index (χ0v) is 37.0. The van der Waals surface area contributed by atoms with Gasteiger partial charge in [-0.2, -0.15) is 13.9 Å². The van der Waals surface area contributed by atoms with Crippen molar-refractivity contribution in [3.63, 3.8) is 0 Å². The molecule has 3 aromatic heterocycles. The van der Waals surface area contributed by atoms with E-state index in [2.05, 4.69) is 37.9 Å². The number of carbonyl (C=O) groups excluding carboxylic acids is 3. The van der Waals surface area contributed by atoms with Crippen molar-refractivity contribution in [3.05, 3.63) is 60.3 Å². The zero-order valence-electron chi connectivity index (χ0n) is 37.0. The highest BCUT2D eigenvalue weighted by Crippen LogP contribution is 2.35. The number of fused-ring (bicyclic) bond motifs is 1. The number of nitrogen functional groups attached to an aromatic ring is 1. The maximum Gasteiger partial charge on any atom is 0.287 e. The largest absolute Gasteiger partial charge is 0.494 e. The van der Waals surface area contributed by atoms with Crippen LogP contribution in [0.1, 0.15) is 101 Å². The van der Waals surface area contributed by atoms with Gasteiger partial charge in [0.1, 0.15) is 23.2 Å². The summed E-state index contributed by atoms with van der Waals surface area (Å²) in [5.74, 6) is -2.99. The van der Waals surface area contributed by atoms with Crippen LogP contribution in [0.15, 0.2) is 48.9 Å². The second-order valence-electron chi connectivity index (χ2n) is 17.6. The number of nitrogens with zero attached hydrogens (tertiary/aromatic N) is 6. The number of ether oxygens (including phenoxy) is 2. The first-order chi connectivity index (χ1) is 29.4. The predicted molar refractivity (Wildman–Crippen MR) is 235 cm³/mol. The van der Waals surface area contributed by atoms with Gasteiger partial charge in [-0.05, 0) is 87.9 Å². The molecule has 0 aliphatic heterocycles. The number of pyridine rings is 1. The summed E-state index contributed by atoms with van der Waals surface area (Å²) in [6.07, 6.45) is 12.2. The van der Waals surface area contributed by atoms with Crippen LogP contribution in [0.5, 0.6) is 5.75 Å². The topological polar surface area (TPSA) is 210 Å². The first-order valence-corrected chi connectivity index (χ1v) is 21.5. The van der Waals surface area contributed by atoms with Gasteiger partial charge in [0, 0.05) is 76.4 Å². The SMILES string of the molecule is COc1cc2nn(C3CCC(CN(C)CCCOCCCNC(=O)[C@@H](NC(=O)[C@@H](N)CCCn4ccnc4N)C(C)(C)C)CC3)cc2cc1NC(=O)c1cccc(C(C)(F)F)n1. The van der Waals surface area contributed by atoms with E-state index in [1.807, 2.05) is 31.6 Å².